The lowest BCUT2D eigenvalue weighted by atomic mass is 9.66. The molecule has 0 N–H and O–H groups in total. The zero-order valence-corrected chi connectivity index (χ0v) is 10.4. The lowest BCUT2D eigenvalue weighted by Gasteiger charge is -2.38. The summed E-state index contributed by atoms with van der Waals surface area (Å²) in [6, 6.07) is 0. The van der Waals surface area contributed by atoms with Gasteiger partial charge < -0.3 is 0 Å². The van der Waals surface area contributed by atoms with Crippen LogP contribution in [0.25, 0.3) is 0 Å². The molecule has 1 heteroatoms. The van der Waals surface area contributed by atoms with E-state index >= 15 is 0 Å². The van der Waals surface area contributed by atoms with E-state index in [9.17, 15) is 4.79 Å². The highest BCUT2D eigenvalue weighted by Gasteiger charge is 2.47. The Hall–Kier alpha value is -0.330. The fraction of sp³-hybridized carbons (Fsp3) is 0.929. The van der Waals surface area contributed by atoms with Gasteiger partial charge in [-0.05, 0) is 48.9 Å². The van der Waals surface area contributed by atoms with Crippen molar-refractivity contribution in [3.63, 3.8) is 0 Å². The molecule has 0 aromatic rings. The van der Waals surface area contributed by atoms with Crippen LogP contribution in [0.2, 0.25) is 0 Å². The first-order valence-corrected chi connectivity index (χ1v) is 6.53. The van der Waals surface area contributed by atoms with Gasteiger partial charge in [0, 0.05) is 12.8 Å². The Bertz CT molecular complexity index is 256. The van der Waals surface area contributed by atoms with Crippen LogP contribution in [0.5, 0.6) is 0 Å². The molecule has 2 rings (SSSR count). The van der Waals surface area contributed by atoms with Crippen molar-refractivity contribution in [1.82, 2.24) is 0 Å². The SMILES string of the molecule is CC(C)CC1CCC2(C)CCC(=O)CC12. The Kier molecular flexibility index (Phi) is 2.92. The van der Waals surface area contributed by atoms with E-state index in [0.717, 1.165) is 31.1 Å². The van der Waals surface area contributed by atoms with Crippen LogP contribution in [0, 0.1) is 23.2 Å². The predicted molar refractivity (Wildman–Crippen MR) is 62.6 cm³/mol. The minimum atomic E-state index is 0.507. The van der Waals surface area contributed by atoms with Crippen molar-refractivity contribution in [2.45, 2.75) is 59.3 Å². The Morgan fingerprint density at radius 1 is 1.40 bits per heavy atom. The van der Waals surface area contributed by atoms with Gasteiger partial charge in [0.2, 0.25) is 0 Å². The van der Waals surface area contributed by atoms with Crippen LogP contribution in [0.1, 0.15) is 59.3 Å². The van der Waals surface area contributed by atoms with E-state index < -0.39 is 0 Å². The van der Waals surface area contributed by atoms with Crippen molar-refractivity contribution in [3.05, 3.63) is 0 Å². The quantitative estimate of drug-likeness (QED) is 0.674. The standard InChI is InChI=1S/C14H24O/c1-10(2)8-11-4-6-14(3)7-5-12(15)9-13(11)14/h10-11,13H,4-9H2,1-3H3. The van der Waals surface area contributed by atoms with Crippen LogP contribution in [0.4, 0.5) is 0 Å². The summed E-state index contributed by atoms with van der Waals surface area (Å²) in [6.45, 7) is 7.03. The van der Waals surface area contributed by atoms with Crippen molar-refractivity contribution in [1.29, 1.82) is 0 Å². The lowest BCUT2D eigenvalue weighted by molar-refractivity contribution is -0.124. The predicted octanol–water partition coefficient (Wildman–Crippen LogP) is 3.82. The highest BCUT2D eigenvalue weighted by Crippen LogP contribution is 2.55. The summed E-state index contributed by atoms with van der Waals surface area (Å²) in [5, 5.41) is 0. The van der Waals surface area contributed by atoms with E-state index in [4.69, 9.17) is 0 Å². The molecule has 2 aliphatic rings. The molecule has 2 saturated carbocycles. The number of fused-ring (bicyclic) bond motifs is 1. The van der Waals surface area contributed by atoms with Crippen LogP contribution < -0.4 is 0 Å². The van der Waals surface area contributed by atoms with Crippen LogP contribution in [-0.4, -0.2) is 5.78 Å². The number of rotatable bonds is 2. The summed E-state index contributed by atoms with van der Waals surface area (Å²) in [5.74, 6) is 2.85. The molecule has 0 aromatic heterocycles. The summed E-state index contributed by atoms with van der Waals surface area (Å²) < 4.78 is 0. The number of carbonyl (C=O) groups excluding carboxylic acids is 1. The highest BCUT2D eigenvalue weighted by atomic mass is 16.1. The minimum absolute atomic E-state index is 0.507. The fourth-order valence-corrected chi connectivity index (χ4v) is 3.85. The van der Waals surface area contributed by atoms with Crippen LogP contribution in [-0.2, 0) is 4.79 Å². The molecule has 2 aliphatic carbocycles. The lowest BCUT2D eigenvalue weighted by Crippen LogP contribution is -2.33. The van der Waals surface area contributed by atoms with Crippen molar-refractivity contribution >= 4 is 5.78 Å². The second-order valence-corrected chi connectivity index (χ2v) is 6.43. The van der Waals surface area contributed by atoms with Gasteiger partial charge in [-0.2, -0.15) is 0 Å². The average molecular weight is 208 g/mol. The van der Waals surface area contributed by atoms with E-state index in [1.165, 1.54) is 19.3 Å². The van der Waals surface area contributed by atoms with Gasteiger partial charge in [0.05, 0.1) is 0 Å². The summed E-state index contributed by atoms with van der Waals surface area (Å²) in [6.07, 6.45) is 6.95. The van der Waals surface area contributed by atoms with Gasteiger partial charge in [-0.1, -0.05) is 20.8 Å². The third kappa shape index (κ3) is 2.11. The Labute approximate surface area is 93.6 Å². The summed E-state index contributed by atoms with van der Waals surface area (Å²) in [5.41, 5.74) is 0.507. The zero-order chi connectivity index (χ0) is 11.1. The first-order chi connectivity index (χ1) is 7.01. The third-order valence-corrected chi connectivity index (χ3v) is 4.75. The maximum Gasteiger partial charge on any atom is 0.133 e. The van der Waals surface area contributed by atoms with Crippen molar-refractivity contribution in [3.8, 4) is 0 Å². The summed E-state index contributed by atoms with van der Waals surface area (Å²) >= 11 is 0. The Morgan fingerprint density at radius 2 is 2.13 bits per heavy atom. The molecule has 0 aromatic carbocycles. The molecule has 1 nitrogen and oxygen atoms in total. The normalized spacial score (nSPS) is 40.9. The number of ketones is 1. The molecule has 0 saturated heterocycles. The molecular formula is C14H24O. The number of Topliss-reactive ketones (excluding diaryl/α,β-unsaturated/α-hetero) is 1. The topological polar surface area (TPSA) is 17.1 Å². The van der Waals surface area contributed by atoms with Crippen molar-refractivity contribution in [2.24, 2.45) is 23.2 Å². The van der Waals surface area contributed by atoms with Crippen LogP contribution in [0.3, 0.4) is 0 Å². The summed E-state index contributed by atoms with van der Waals surface area (Å²) in [7, 11) is 0. The molecule has 86 valence electrons. The molecule has 15 heavy (non-hydrogen) atoms. The van der Waals surface area contributed by atoms with E-state index in [1.807, 2.05) is 0 Å². The van der Waals surface area contributed by atoms with Crippen LogP contribution in [0.15, 0.2) is 0 Å². The van der Waals surface area contributed by atoms with E-state index in [0.29, 0.717) is 17.1 Å². The van der Waals surface area contributed by atoms with Crippen molar-refractivity contribution in [2.75, 3.05) is 0 Å². The molecule has 0 bridgehead atoms. The average Bonchev–Trinajstić information content (AvgIpc) is 2.45. The fourth-order valence-electron chi connectivity index (χ4n) is 3.85. The third-order valence-electron chi connectivity index (χ3n) is 4.75. The summed E-state index contributed by atoms with van der Waals surface area (Å²) in [4.78, 5) is 11.6. The second-order valence-electron chi connectivity index (χ2n) is 6.43. The first-order valence-electron chi connectivity index (χ1n) is 6.53. The van der Waals surface area contributed by atoms with Crippen LogP contribution >= 0.6 is 0 Å². The van der Waals surface area contributed by atoms with Gasteiger partial charge in [0.1, 0.15) is 5.78 Å². The minimum Gasteiger partial charge on any atom is -0.300 e. The number of hydrogen-bond acceptors (Lipinski definition) is 1. The molecule has 3 unspecified atom stereocenters. The Balaban J connectivity index is 2.08. The largest absolute Gasteiger partial charge is 0.300 e. The molecular weight excluding hydrogens is 184 g/mol. The smallest absolute Gasteiger partial charge is 0.133 e. The van der Waals surface area contributed by atoms with Gasteiger partial charge in [-0.3, -0.25) is 4.79 Å². The first kappa shape index (κ1) is 11.2. The number of carbonyl (C=O) groups is 1. The molecule has 0 amide bonds. The van der Waals surface area contributed by atoms with E-state index in [1.54, 1.807) is 0 Å². The molecule has 0 spiro atoms. The molecule has 2 fully saturated rings. The van der Waals surface area contributed by atoms with Gasteiger partial charge in [0.15, 0.2) is 0 Å². The maximum absolute atomic E-state index is 11.6. The Morgan fingerprint density at radius 3 is 2.80 bits per heavy atom. The highest BCUT2D eigenvalue weighted by molar-refractivity contribution is 5.79. The molecule has 0 radical (unpaired) electrons. The van der Waals surface area contributed by atoms with Crippen molar-refractivity contribution < 1.29 is 4.79 Å². The molecule has 3 atom stereocenters. The maximum atomic E-state index is 11.6. The van der Waals surface area contributed by atoms with Gasteiger partial charge in [-0.15, -0.1) is 0 Å². The number of hydrogen-bond donors (Lipinski definition) is 0. The van der Waals surface area contributed by atoms with E-state index in [-0.39, 0.29) is 0 Å². The molecule has 0 aliphatic heterocycles. The zero-order valence-electron chi connectivity index (χ0n) is 10.4. The van der Waals surface area contributed by atoms with Gasteiger partial charge in [-0.25, -0.2) is 0 Å². The monoisotopic (exact) mass is 208 g/mol. The van der Waals surface area contributed by atoms with Gasteiger partial charge in [0.25, 0.3) is 0 Å². The van der Waals surface area contributed by atoms with Gasteiger partial charge >= 0.3 is 0 Å². The van der Waals surface area contributed by atoms with E-state index in [2.05, 4.69) is 20.8 Å². The second kappa shape index (κ2) is 3.92. The molecule has 0 heterocycles.